The van der Waals surface area contributed by atoms with Crippen molar-refractivity contribution in [1.29, 1.82) is 0 Å². The molecular formula is C27H35N3O6. The Morgan fingerprint density at radius 2 is 1.89 bits per heavy atom. The second kappa shape index (κ2) is 12.0. The molecule has 3 rings (SSSR count). The lowest BCUT2D eigenvalue weighted by Crippen LogP contribution is -2.46. The van der Waals surface area contributed by atoms with Gasteiger partial charge in [-0.15, -0.1) is 0 Å². The van der Waals surface area contributed by atoms with Crippen LogP contribution in [0.25, 0.3) is 0 Å². The van der Waals surface area contributed by atoms with Crippen LogP contribution in [0.3, 0.4) is 0 Å². The molecule has 0 bridgehead atoms. The summed E-state index contributed by atoms with van der Waals surface area (Å²) in [4.78, 5) is 40.5. The average Bonchev–Trinajstić information content (AvgIpc) is 2.84. The maximum Gasteiger partial charge on any atom is 0.336 e. The van der Waals surface area contributed by atoms with Crippen LogP contribution in [-0.4, -0.2) is 78.7 Å². The van der Waals surface area contributed by atoms with Crippen LogP contribution in [0.2, 0.25) is 0 Å². The number of fused-ring (bicyclic) bond motifs is 1. The molecule has 0 saturated carbocycles. The second-order valence-corrected chi connectivity index (χ2v) is 9.38. The zero-order chi connectivity index (χ0) is 26.4. The van der Waals surface area contributed by atoms with Crippen LogP contribution in [0.15, 0.2) is 42.5 Å². The predicted octanol–water partition coefficient (Wildman–Crippen LogP) is 3.35. The van der Waals surface area contributed by atoms with Crippen molar-refractivity contribution in [2.45, 2.75) is 39.5 Å². The number of carboxylic acids is 1. The number of nitrogens with one attached hydrogen (secondary N) is 1. The fourth-order valence-corrected chi connectivity index (χ4v) is 4.44. The standard InChI is InChI=1S/C27H35N3O6/c1-17-13-30(14-20-8-6-7-9-22(20)27(33)34)18(2)16-36-24-11-10-21(28-19(3)31)12-23(24)26(32)29(4)15-25(17)35-5/h6-12,17-18,25H,13-16H2,1-5H3,(H,28,31)(H,33,34)/t17-,18+,25+/m0/s1. The number of anilines is 1. The molecule has 3 atom stereocenters. The lowest BCUT2D eigenvalue weighted by molar-refractivity contribution is -0.114. The Balaban J connectivity index is 1.98. The van der Waals surface area contributed by atoms with Crippen molar-refractivity contribution >= 4 is 23.5 Å². The molecule has 0 unspecified atom stereocenters. The molecule has 2 aromatic carbocycles. The zero-order valence-electron chi connectivity index (χ0n) is 21.5. The van der Waals surface area contributed by atoms with E-state index in [2.05, 4.69) is 17.1 Å². The highest BCUT2D eigenvalue weighted by molar-refractivity contribution is 5.99. The van der Waals surface area contributed by atoms with E-state index in [1.54, 1.807) is 49.4 Å². The number of hydrogen-bond donors (Lipinski definition) is 2. The van der Waals surface area contributed by atoms with E-state index >= 15 is 0 Å². The summed E-state index contributed by atoms with van der Waals surface area (Å²) in [6.07, 6.45) is -0.245. The van der Waals surface area contributed by atoms with Crippen LogP contribution < -0.4 is 10.1 Å². The SMILES string of the molecule is CO[C@@H]1CN(C)C(=O)c2cc(NC(C)=O)ccc2OC[C@@H](C)N(Cc2ccccc2C(=O)O)C[C@@H]1C. The van der Waals surface area contributed by atoms with E-state index in [0.29, 0.717) is 36.6 Å². The lowest BCUT2D eigenvalue weighted by Gasteiger charge is -2.36. The zero-order valence-corrected chi connectivity index (χ0v) is 21.5. The second-order valence-electron chi connectivity index (χ2n) is 9.38. The van der Waals surface area contributed by atoms with Gasteiger partial charge in [-0.2, -0.15) is 0 Å². The molecule has 1 aliphatic rings. The third-order valence-electron chi connectivity index (χ3n) is 6.52. The number of nitrogens with zero attached hydrogens (tertiary/aromatic N) is 2. The summed E-state index contributed by atoms with van der Waals surface area (Å²) in [5.74, 6) is -0.970. The third kappa shape index (κ3) is 6.61. The maximum atomic E-state index is 13.4. The van der Waals surface area contributed by atoms with Crippen LogP contribution in [0, 0.1) is 5.92 Å². The first kappa shape index (κ1) is 27.2. The minimum Gasteiger partial charge on any atom is -0.491 e. The molecule has 0 aliphatic carbocycles. The smallest absolute Gasteiger partial charge is 0.336 e. The summed E-state index contributed by atoms with van der Waals surface area (Å²) in [5.41, 5.74) is 1.85. The van der Waals surface area contributed by atoms with E-state index in [4.69, 9.17) is 9.47 Å². The van der Waals surface area contributed by atoms with Crippen LogP contribution in [-0.2, 0) is 16.1 Å². The van der Waals surface area contributed by atoms with E-state index in [-0.39, 0.29) is 42.0 Å². The fourth-order valence-electron chi connectivity index (χ4n) is 4.44. The maximum absolute atomic E-state index is 13.4. The van der Waals surface area contributed by atoms with E-state index in [1.165, 1.54) is 6.92 Å². The summed E-state index contributed by atoms with van der Waals surface area (Å²) in [7, 11) is 3.34. The Labute approximate surface area is 212 Å². The minimum absolute atomic E-state index is 0.0364. The van der Waals surface area contributed by atoms with Gasteiger partial charge in [-0.25, -0.2) is 4.79 Å². The van der Waals surface area contributed by atoms with Crippen molar-refractivity contribution in [3.8, 4) is 5.75 Å². The number of hydrogen-bond acceptors (Lipinski definition) is 6. The Morgan fingerprint density at radius 1 is 1.17 bits per heavy atom. The van der Waals surface area contributed by atoms with Crippen molar-refractivity contribution in [1.82, 2.24) is 9.80 Å². The largest absolute Gasteiger partial charge is 0.491 e. The minimum atomic E-state index is -0.962. The van der Waals surface area contributed by atoms with Crippen molar-refractivity contribution in [2.24, 2.45) is 5.92 Å². The van der Waals surface area contributed by atoms with Gasteiger partial charge in [0.15, 0.2) is 0 Å². The first-order valence-corrected chi connectivity index (χ1v) is 12.0. The van der Waals surface area contributed by atoms with Crippen molar-refractivity contribution < 1.29 is 29.0 Å². The average molecular weight is 498 g/mol. The number of amides is 2. The number of aromatic carboxylic acids is 1. The van der Waals surface area contributed by atoms with Gasteiger partial charge in [0, 0.05) is 52.4 Å². The highest BCUT2D eigenvalue weighted by atomic mass is 16.5. The molecule has 36 heavy (non-hydrogen) atoms. The first-order valence-electron chi connectivity index (χ1n) is 12.0. The summed E-state index contributed by atoms with van der Waals surface area (Å²) < 4.78 is 11.9. The summed E-state index contributed by atoms with van der Waals surface area (Å²) in [5, 5.41) is 12.4. The molecule has 9 nitrogen and oxygen atoms in total. The number of methoxy groups -OCH3 is 1. The van der Waals surface area contributed by atoms with E-state index < -0.39 is 5.97 Å². The third-order valence-corrected chi connectivity index (χ3v) is 6.52. The monoisotopic (exact) mass is 497 g/mol. The lowest BCUT2D eigenvalue weighted by atomic mass is 10.00. The van der Waals surface area contributed by atoms with Crippen molar-refractivity contribution in [3.63, 3.8) is 0 Å². The van der Waals surface area contributed by atoms with Gasteiger partial charge in [0.25, 0.3) is 5.91 Å². The summed E-state index contributed by atoms with van der Waals surface area (Å²) in [6.45, 7) is 7.17. The molecule has 0 saturated heterocycles. The molecule has 9 heteroatoms. The number of likely N-dealkylation sites (N-methyl/N-ethyl adjacent to an activating group) is 1. The van der Waals surface area contributed by atoms with Crippen LogP contribution in [0.5, 0.6) is 5.75 Å². The highest BCUT2D eigenvalue weighted by Crippen LogP contribution is 2.27. The number of benzene rings is 2. The fraction of sp³-hybridized carbons (Fsp3) is 0.444. The normalized spacial score (nSPS) is 21.5. The van der Waals surface area contributed by atoms with Crippen LogP contribution >= 0.6 is 0 Å². The molecule has 0 radical (unpaired) electrons. The number of carbonyl (C=O) groups is 3. The van der Waals surface area contributed by atoms with E-state index in [0.717, 1.165) is 5.56 Å². The summed E-state index contributed by atoms with van der Waals surface area (Å²) in [6, 6.07) is 11.9. The first-order chi connectivity index (χ1) is 17.1. The summed E-state index contributed by atoms with van der Waals surface area (Å²) >= 11 is 0. The van der Waals surface area contributed by atoms with Crippen molar-refractivity contribution in [2.75, 3.05) is 39.2 Å². The number of carbonyl (C=O) groups excluding carboxylic acids is 2. The molecule has 194 valence electrons. The van der Waals surface area contributed by atoms with Crippen LogP contribution in [0.1, 0.15) is 47.1 Å². The molecular weight excluding hydrogens is 462 g/mol. The van der Waals surface area contributed by atoms with Crippen LogP contribution in [0.4, 0.5) is 5.69 Å². The highest BCUT2D eigenvalue weighted by Gasteiger charge is 2.29. The Hall–Kier alpha value is -3.43. The van der Waals surface area contributed by atoms with E-state index in [1.807, 2.05) is 19.1 Å². The number of rotatable bonds is 5. The number of ether oxygens (including phenoxy) is 2. The van der Waals surface area contributed by atoms with Gasteiger partial charge >= 0.3 is 5.97 Å². The quantitative estimate of drug-likeness (QED) is 0.652. The molecule has 0 spiro atoms. The molecule has 1 aliphatic heterocycles. The molecule has 1 heterocycles. The Kier molecular flexibility index (Phi) is 9.06. The van der Waals surface area contributed by atoms with Gasteiger partial charge in [-0.05, 0) is 42.7 Å². The van der Waals surface area contributed by atoms with Gasteiger partial charge in [0.1, 0.15) is 12.4 Å². The van der Waals surface area contributed by atoms with Gasteiger partial charge in [0.2, 0.25) is 5.91 Å². The Bertz CT molecular complexity index is 1100. The molecule has 2 amide bonds. The topological polar surface area (TPSA) is 108 Å². The van der Waals surface area contributed by atoms with Gasteiger partial charge in [-0.1, -0.05) is 25.1 Å². The van der Waals surface area contributed by atoms with Gasteiger partial charge in [-0.3, -0.25) is 14.5 Å². The van der Waals surface area contributed by atoms with Gasteiger partial charge < -0.3 is 24.8 Å². The molecule has 2 N–H and O–H groups in total. The molecule has 0 fully saturated rings. The molecule has 2 aromatic rings. The molecule has 0 aromatic heterocycles. The Morgan fingerprint density at radius 3 is 2.56 bits per heavy atom. The predicted molar refractivity (Wildman–Crippen MR) is 136 cm³/mol. The van der Waals surface area contributed by atoms with E-state index in [9.17, 15) is 19.5 Å². The van der Waals surface area contributed by atoms with Gasteiger partial charge in [0.05, 0.1) is 17.2 Å². The number of carboxylic acid groups (broad SMARTS) is 1. The van der Waals surface area contributed by atoms with Crippen molar-refractivity contribution in [3.05, 3.63) is 59.2 Å².